The third kappa shape index (κ3) is 4.08. The van der Waals surface area contributed by atoms with Crippen molar-refractivity contribution in [1.29, 1.82) is 0 Å². The Bertz CT molecular complexity index is 410. The fourth-order valence-corrected chi connectivity index (χ4v) is 3.74. The van der Waals surface area contributed by atoms with Crippen LogP contribution >= 0.6 is 0 Å². The van der Waals surface area contributed by atoms with Crippen molar-refractivity contribution in [2.24, 2.45) is 5.92 Å². The van der Waals surface area contributed by atoms with E-state index in [9.17, 15) is 0 Å². The van der Waals surface area contributed by atoms with Crippen LogP contribution in [-0.4, -0.2) is 31.1 Å². The van der Waals surface area contributed by atoms with Crippen LogP contribution in [0.15, 0.2) is 24.3 Å². The van der Waals surface area contributed by atoms with Crippen molar-refractivity contribution in [2.45, 2.75) is 58.5 Å². The molecule has 2 heteroatoms. The Labute approximate surface area is 130 Å². The number of likely N-dealkylation sites (tertiary alicyclic amines) is 1. The molecule has 1 N–H and O–H groups in total. The molecule has 1 heterocycles. The van der Waals surface area contributed by atoms with Gasteiger partial charge in [-0.3, -0.25) is 4.90 Å². The Balaban J connectivity index is 2.32. The van der Waals surface area contributed by atoms with Gasteiger partial charge in [0.15, 0.2) is 0 Å². The van der Waals surface area contributed by atoms with Gasteiger partial charge in [0.2, 0.25) is 0 Å². The number of aryl methyl sites for hydroxylation is 1. The highest BCUT2D eigenvalue weighted by molar-refractivity contribution is 5.26. The van der Waals surface area contributed by atoms with E-state index in [0.717, 1.165) is 13.0 Å². The Hall–Kier alpha value is -0.860. The summed E-state index contributed by atoms with van der Waals surface area (Å²) in [6, 6.07) is 10.5. The van der Waals surface area contributed by atoms with Gasteiger partial charge in [0, 0.05) is 12.1 Å². The lowest BCUT2D eigenvalue weighted by molar-refractivity contribution is 0.118. The van der Waals surface area contributed by atoms with Gasteiger partial charge in [-0.25, -0.2) is 0 Å². The van der Waals surface area contributed by atoms with E-state index in [1.165, 1.54) is 36.9 Å². The average Bonchev–Trinajstić information content (AvgIpc) is 2.70. The molecule has 1 aromatic carbocycles. The van der Waals surface area contributed by atoms with Crippen LogP contribution in [0.2, 0.25) is 0 Å². The molecule has 2 nitrogen and oxygen atoms in total. The molecule has 1 aromatic rings. The summed E-state index contributed by atoms with van der Waals surface area (Å²) in [5, 5.41) is 3.42. The lowest BCUT2D eigenvalue weighted by Crippen LogP contribution is -2.40. The monoisotopic (exact) mass is 288 g/mol. The van der Waals surface area contributed by atoms with Gasteiger partial charge < -0.3 is 5.32 Å². The molecule has 1 aliphatic heterocycles. The summed E-state index contributed by atoms with van der Waals surface area (Å²) in [4.78, 5) is 2.72. The SMILES string of the molecule is CCc1ccc(C2C(CNC)CCCCN2C(C)C)cc1. The Morgan fingerprint density at radius 3 is 2.48 bits per heavy atom. The van der Waals surface area contributed by atoms with Crippen LogP contribution in [0.4, 0.5) is 0 Å². The standard InChI is InChI=1S/C19H32N2/c1-5-16-9-11-17(12-10-16)19-18(14-20-4)8-6-7-13-21(19)15(2)3/h9-12,15,18-20H,5-8,13-14H2,1-4H3. The highest BCUT2D eigenvalue weighted by Crippen LogP contribution is 2.36. The minimum atomic E-state index is 0.561. The Morgan fingerprint density at radius 1 is 1.19 bits per heavy atom. The van der Waals surface area contributed by atoms with Gasteiger partial charge in [0.25, 0.3) is 0 Å². The fraction of sp³-hybridized carbons (Fsp3) is 0.684. The van der Waals surface area contributed by atoms with E-state index in [-0.39, 0.29) is 0 Å². The molecular formula is C19H32N2. The predicted octanol–water partition coefficient (Wildman–Crippen LogP) is 4.02. The third-order valence-electron chi connectivity index (χ3n) is 4.90. The summed E-state index contributed by atoms with van der Waals surface area (Å²) in [5.74, 6) is 0.715. The van der Waals surface area contributed by atoms with E-state index >= 15 is 0 Å². The summed E-state index contributed by atoms with van der Waals surface area (Å²) < 4.78 is 0. The number of nitrogens with one attached hydrogen (secondary N) is 1. The summed E-state index contributed by atoms with van der Waals surface area (Å²) in [6.07, 6.45) is 5.16. The van der Waals surface area contributed by atoms with E-state index < -0.39 is 0 Å². The zero-order chi connectivity index (χ0) is 15.2. The number of hydrogen-bond acceptors (Lipinski definition) is 2. The smallest absolute Gasteiger partial charge is 0.0391 e. The first kappa shape index (κ1) is 16.5. The van der Waals surface area contributed by atoms with E-state index in [1.807, 2.05) is 0 Å². The van der Waals surface area contributed by atoms with Gasteiger partial charge in [-0.1, -0.05) is 37.6 Å². The zero-order valence-electron chi connectivity index (χ0n) is 14.2. The van der Waals surface area contributed by atoms with E-state index in [1.54, 1.807) is 0 Å². The third-order valence-corrected chi connectivity index (χ3v) is 4.90. The molecule has 1 fully saturated rings. The van der Waals surface area contributed by atoms with Gasteiger partial charge in [-0.2, -0.15) is 0 Å². The minimum absolute atomic E-state index is 0.561. The minimum Gasteiger partial charge on any atom is -0.319 e. The molecule has 0 saturated carbocycles. The molecule has 2 rings (SSSR count). The highest BCUT2D eigenvalue weighted by Gasteiger charge is 2.31. The number of hydrogen-bond donors (Lipinski definition) is 1. The molecule has 0 aliphatic carbocycles. The molecular weight excluding hydrogens is 256 g/mol. The van der Waals surface area contributed by atoms with Crippen LogP contribution in [0.25, 0.3) is 0 Å². The number of benzene rings is 1. The van der Waals surface area contributed by atoms with Crippen molar-refractivity contribution in [3.05, 3.63) is 35.4 Å². The summed E-state index contributed by atoms with van der Waals surface area (Å²) in [6.45, 7) is 9.26. The molecule has 1 saturated heterocycles. The first-order valence-corrected chi connectivity index (χ1v) is 8.66. The zero-order valence-corrected chi connectivity index (χ0v) is 14.2. The number of nitrogens with zero attached hydrogens (tertiary/aromatic N) is 1. The molecule has 118 valence electrons. The predicted molar refractivity (Wildman–Crippen MR) is 91.7 cm³/mol. The maximum absolute atomic E-state index is 3.42. The van der Waals surface area contributed by atoms with Crippen molar-refractivity contribution >= 4 is 0 Å². The highest BCUT2D eigenvalue weighted by atomic mass is 15.2. The first-order chi connectivity index (χ1) is 10.2. The largest absolute Gasteiger partial charge is 0.319 e. The van der Waals surface area contributed by atoms with Crippen LogP contribution in [0, 0.1) is 5.92 Å². The van der Waals surface area contributed by atoms with Gasteiger partial charge in [-0.05, 0) is 70.3 Å². The van der Waals surface area contributed by atoms with E-state index in [2.05, 4.69) is 62.3 Å². The van der Waals surface area contributed by atoms with Crippen molar-refractivity contribution in [3.8, 4) is 0 Å². The van der Waals surface area contributed by atoms with Crippen LogP contribution in [0.1, 0.15) is 57.2 Å². The van der Waals surface area contributed by atoms with Gasteiger partial charge in [0.05, 0.1) is 0 Å². The van der Waals surface area contributed by atoms with Crippen LogP contribution in [-0.2, 0) is 6.42 Å². The molecule has 1 aliphatic rings. The lowest BCUT2D eigenvalue weighted by atomic mass is 9.88. The normalized spacial score (nSPS) is 24.2. The second kappa shape index (κ2) is 7.95. The second-order valence-electron chi connectivity index (χ2n) is 6.69. The molecule has 0 bridgehead atoms. The van der Waals surface area contributed by atoms with Crippen LogP contribution in [0.5, 0.6) is 0 Å². The second-order valence-corrected chi connectivity index (χ2v) is 6.69. The molecule has 0 aromatic heterocycles. The molecule has 21 heavy (non-hydrogen) atoms. The quantitative estimate of drug-likeness (QED) is 0.880. The van der Waals surface area contributed by atoms with Crippen LogP contribution in [0.3, 0.4) is 0 Å². The molecule has 0 spiro atoms. The molecule has 2 unspecified atom stereocenters. The van der Waals surface area contributed by atoms with Crippen LogP contribution < -0.4 is 5.32 Å². The Morgan fingerprint density at radius 2 is 1.90 bits per heavy atom. The molecule has 0 radical (unpaired) electrons. The fourth-order valence-electron chi connectivity index (χ4n) is 3.74. The van der Waals surface area contributed by atoms with Crippen molar-refractivity contribution in [3.63, 3.8) is 0 Å². The van der Waals surface area contributed by atoms with E-state index in [0.29, 0.717) is 18.0 Å². The first-order valence-electron chi connectivity index (χ1n) is 8.66. The maximum atomic E-state index is 3.42. The Kier molecular flexibility index (Phi) is 6.25. The van der Waals surface area contributed by atoms with Gasteiger partial charge in [0.1, 0.15) is 0 Å². The summed E-state index contributed by atoms with van der Waals surface area (Å²) >= 11 is 0. The van der Waals surface area contributed by atoms with Gasteiger partial charge in [-0.15, -0.1) is 0 Å². The topological polar surface area (TPSA) is 15.3 Å². The van der Waals surface area contributed by atoms with Gasteiger partial charge >= 0.3 is 0 Å². The van der Waals surface area contributed by atoms with Crippen molar-refractivity contribution in [1.82, 2.24) is 10.2 Å². The van der Waals surface area contributed by atoms with Crippen molar-refractivity contribution in [2.75, 3.05) is 20.1 Å². The van der Waals surface area contributed by atoms with E-state index in [4.69, 9.17) is 0 Å². The number of rotatable bonds is 5. The lowest BCUT2D eigenvalue weighted by Gasteiger charge is -2.38. The van der Waals surface area contributed by atoms with Crippen molar-refractivity contribution < 1.29 is 0 Å². The summed E-state index contributed by atoms with van der Waals surface area (Å²) in [7, 11) is 2.09. The molecule has 0 amide bonds. The average molecular weight is 288 g/mol. The summed E-state index contributed by atoms with van der Waals surface area (Å²) in [5.41, 5.74) is 2.94. The molecule has 2 atom stereocenters. The maximum Gasteiger partial charge on any atom is 0.0391 e.